The molecule has 1 aromatic carbocycles. The topological polar surface area (TPSA) is 83.7 Å². The predicted octanol–water partition coefficient (Wildman–Crippen LogP) is 4.77. The first-order chi connectivity index (χ1) is 13.2. The van der Waals surface area contributed by atoms with Crippen molar-refractivity contribution in [1.82, 2.24) is 4.98 Å². The Kier molecular flexibility index (Phi) is 5.18. The van der Waals surface area contributed by atoms with Crippen molar-refractivity contribution in [1.29, 1.82) is 0 Å². The van der Waals surface area contributed by atoms with Crippen LogP contribution >= 0.6 is 0 Å². The van der Waals surface area contributed by atoms with Crippen LogP contribution in [0.5, 0.6) is 0 Å². The summed E-state index contributed by atoms with van der Waals surface area (Å²) in [6.45, 7) is 11.8. The van der Waals surface area contributed by atoms with Gasteiger partial charge in [-0.05, 0) is 69.5 Å². The number of fused-ring (bicyclic) bond motifs is 1. The van der Waals surface area contributed by atoms with E-state index >= 15 is 0 Å². The summed E-state index contributed by atoms with van der Waals surface area (Å²) in [6.07, 6.45) is 5.26. The Morgan fingerprint density at radius 2 is 2.07 bits per heavy atom. The molecule has 7 heteroatoms. The van der Waals surface area contributed by atoms with Crippen LogP contribution in [0, 0.1) is 17.0 Å². The minimum Gasteiger partial charge on any atom is -0.363 e. The Morgan fingerprint density at radius 3 is 2.68 bits per heavy atom. The number of hydrogen-bond donors (Lipinski definition) is 1. The van der Waals surface area contributed by atoms with E-state index in [0.29, 0.717) is 5.82 Å². The SMILES string of the molecule is CCN1c2cc(C)c(/C=N/Nc3ccc([N+](=O)[O-])cn3)cc2C(C)=CC1(C)C. The van der Waals surface area contributed by atoms with Crippen LogP contribution < -0.4 is 10.3 Å². The summed E-state index contributed by atoms with van der Waals surface area (Å²) < 4.78 is 0. The van der Waals surface area contributed by atoms with Gasteiger partial charge in [0.15, 0.2) is 0 Å². The molecule has 0 radical (unpaired) electrons. The highest BCUT2D eigenvalue weighted by Gasteiger charge is 2.30. The van der Waals surface area contributed by atoms with Gasteiger partial charge < -0.3 is 4.90 Å². The van der Waals surface area contributed by atoms with E-state index in [-0.39, 0.29) is 11.2 Å². The molecule has 28 heavy (non-hydrogen) atoms. The minimum atomic E-state index is -0.479. The number of benzene rings is 1. The monoisotopic (exact) mass is 379 g/mol. The first-order valence-corrected chi connectivity index (χ1v) is 9.24. The summed E-state index contributed by atoms with van der Waals surface area (Å²) >= 11 is 0. The number of nitrogens with zero attached hydrogens (tertiary/aromatic N) is 4. The normalized spacial score (nSPS) is 15.3. The fraction of sp³-hybridized carbons (Fsp3) is 0.333. The molecule has 1 N–H and O–H groups in total. The summed E-state index contributed by atoms with van der Waals surface area (Å²) in [5.41, 5.74) is 8.60. The Labute approximate surface area is 164 Å². The van der Waals surface area contributed by atoms with Crippen molar-refractivity contribution in [3.63, 3.8) is 0 Å². The third-order valence-corrected chi connectivity index (χ3v) is 5.02. The van der Waals surface area contributed by atoms with Crippen LogP contribution in [-0.2, 0) is 0 Å². The summed E-state index contributed by atoms with van der Waals surface area (Å²) in [4.78, 5) is 16.6. The Hall–Kier alpha value is -3.22. The second-order valence-electron chi connectivity index (χ2n) is 7.48. The minimum absolute atomic E-state index is 0.0168. The number of allylic oxidation sites excluding steroid dienone is 1. The second kappa shape index (κ2) is 7.42. The van der Waals surface area contributed by atoms with Gasteiger partial charge in [0.25, 0.3) is 5.69 Å². The molecule has 0 aliphatic carbocycles. The maximum absolute atomic E-state index is 10.7. The number of aromatic nitrogens is 1. The van der Waals surface area contributed by atoms with Crippen LogP contribution in [0.15, 0.2) is 41.6 Å². The Bertz CT molecular complexity index is 962. The fourth-order valence-corrected chi connectivity index (χ4v) is 3.69. The van der Waals surface area contributed by atoms with E-state index in [0.717, 1.165) is 17.7 Å². The average molecular weight is 379 g/mol. The number of likely N-dealkylation sites (N-methyl/N-ethyl adjacent to an activating group) is 1. The van der Waals surface area contributed by atoms with E-state index in [1.54, 1.807) is 6.21 Å². The average Bonchev–Trinajstić information content (AvgIpc) is 2.62. The zero-order chi connectivity index (χ0) is 20.5. The van der Waals surface area contributed by atoms with Gasteiger partial charge in [-0.1, -0.05) is 6.08 Å². The number of aryl methyl sites for hydroxylation is 1. The zero-order valence-corrected chi connectivity index (χ0v) is 16.9. The third-order valence-electron chi connectivity index (χ3n) is 5.02. The smallest absolute Gasteiger partial charge is 0.287 e. The van der Waals surface area contributed by atoms with Crippen LogP contribution in [-0.4, -0.2) is 28.2 Å². The van der Waals surface area contributed by atoms with E-state index < -0.39 is 4.92 Å². The Morgan fingerprint density at radius 1 is 1.32 bits per heavy atom. The molecule has 146 valence electrons. The van der Waals surface area contributed by atoms with Gasteiger partial charge in [-0.25, -0.2) is 4.98 Å². The molecule has 2 heterocycles. The molecule has 0 bridgehead atoms. The number of hydrogen-bond acceptors (Lipinski definition) is 6. The van der Waals surface area contributed by atoms with Gasteiger partial charge in [0, 0.05) is 23.9 Å². The Balaban J connectivity index is 1.85. The molecule has 0 fully saturated rings. The standard InChI is InChI=1S/C21H25N5O2/c1-6-25-19-9-14(2)16(10-18(19)15(3)11-21(25,4)5)12-23-24-20-8-7-17(13-22-20)26(27)28/h7-13H,6H2,1-5H3,(H,22,24)/b23-12+. The number of anilines is 2. The summed E-state index contributed by atoms with van der Waals surface area (Å²) in [5, 5.41) is 14.9. The van der Waals surface area contributed by atoms with E-state index in [1.165, 1.54) is 35.2 Å². The highest BCUT2D eigenvalue weighted by molar-refractivity contribution is 5.89. The second-order valence-corrected chi connectivity index (χ2v) is 7.48. The van der Waals surface area contributed by atoms with E-state index in [9.17, 15) is 10.1 Å². The molecule has 0 amide bonds. The first kappa shape index (κ1) is 19.5. The maximum Gasteiger partial charge on any atom is 0.287 e. The third kappa shape index (κ3) is 3.74. The molecule has 2 aromatic rings. The molecular weight excluding hydrogens is 354 g/mol. The van der Waals surface area contributed by atoms with Crippen molar-refractivity contribution in [2.45, 2.75) is 40.2 Å². The molecule has 0 unspecified atom stereocenters. The molecule has 0 spiro atoms. The number of nitro groups is 1. The van der Waals surface area contributed by atoms with Crippen LogP contribution in [0.4, 0.5) is 17.2 Å². The van der Waals surface area contributed by atoms with Crippen molar-refractivity contribution in [2.24, 2.45) is 5.10 Å². The molecule has 0 saturated carbocycles. The molecule has 1 aliphatic heterocycles. The zero-order valence-electron chi connectivity index (χ0n) is 16.9. The van der Waals surface area contributed by atoms with Crippen molar-refractivity contribution in [3.05, 3.63) is 63.3 Å². The van der Waals surface area contributed by atoms with Gasteiger partial charge >= 0.3 is 0 Å². The van der Waals surface area contributed by atoms with E-state index in [2.05, 4.69) is 73.2 Å². The summed E-state index contributed by atoms with van der Waals surface area (Å²) in [7, 11) is 0. The molecular formula is C21H25N5O2. The number of nitrogens with one attached hydrogen (secondary N) is 1. The van der Waals surface area contributed by atoms with Crippen LogP contribution in [0.25, 0.3) is 5.57 Å². The lowest BCUT2D eigenvalue weighted by atomic mass is 9.87. The van der Waals surface area contributed by atoms with Crippen molar-refractivity contribution in [2.75, 3.05) is 16.9 Å². The lowest BCUT2D eigenvalue weighted by molar-refractivity contribution is -0.385. The number of rotatable bonds is 5. The molecule has 7 nitrogen and oxygen atoms in total. The molecule has 1 aromatic heterocycles. The van der Waals surface area contributed by atoms with Crippen molar-refractivity contribution in [3.8, 4) is 0 Å². The van der Waals surface area contributed by atoms with E-state index in [4.69, 9.17) is 0 Å². The van der Waals surface area contributed by atoms with Crippen molar-refractivity contribution < 1.29 is 4.92 Å². The van der Waals surface area contributed by atoms with Crippen molar-refractivity contribution >= 4 is 29.0 Å². The van der Waals surface area contributed by atoms with Gasteiger partial charge in [-0.3, -0.25) is 15.5 Å². The summed E-state index contributed by atoms with van der Waals surface area (Å²) in [5.74, 6) is 0.451. The largest absolute Gasteiger partial charge is 0.363 e. The number of pyridine rings is 1. The lowest BCUT2D eigenvalue weighted by Crippen LogP contribution is -2.45. The van der Waals surface area contributed by atoms with Crippen LogP contribution in [0.3, 0.4) is 0 Å². The molecule has 0 saturated heterocycles. The molecule has 3 rings (SSSR count). The highest BCUT2D eigenvalue weighted by atomic mass is 16.6. The fourth-order valence-electron chi connectivity index (χ4n) is 3.69. The lowest BCUT2D eigenvalue weighted by Gasteiger charge is -2.43. The molecule has 0 atom stereocenters. The van der Waals surface area contributed by atoms with Gasteiger partial charge in [-0.2, -0.15) is 5.10 Å². The maximum atomic E-state index is 10.7. The quantitative estimate of drug-likeness (QED) is 0.460. The van der Waals surface area contributed by atoms with Crippen LogP contribution in [0.1, 0.15) is 44.4 Å². The predicted molar refractivity (Wildman–Crippen MR) is 114 cm³/mol. The molecule has 1 aliphatic rings. The summed E-state index contributed by atoms with van der Waals surface area (Å²) in [6, 6.07) is 7.29. The van der Waals surface area contributed by atoms with Gasteiger partial charge in [-0.15, -0.1) is 0 Å². The van der Waals surface area contributed by atoms with Gasteiger partial charge in [0.05, 0.1) is 16.7 Å². The van der Waals surface area contributed by atoms with Gasteiger partial charge in [0.1, 0.15) is 12.0 Å². The van der Waals surface area contributed by atoms with Gasteiger partial charge in [0.2, 0.25) is 0 Å². The van der Waals surface area contributed by atoms with Crippen LogP contribution in [0.2, 0.25) is 0 Å². The number of hydrazone groups is 1. The van der Waals surface area contributed by atoms with E-state index in [1.807, 2.05) is 0 Å². The highest BCUT2D eigenvalue weighted by Crippen LogP contribution is 2.39. The first-order valence-electron chi connectivity index (χ1n) is 9.24.